The molecule has 1 atom stereocenters. The van der Waals surface area contributed by atoms with Crippen LogP contribution in [0.2, 0.25) is 0 Å². The van der Waals surface area contributed by atoms with Crippen LogP contribution < -0.4 is 9.46 Å². The molecule has 3 rings (SSSR count). The second-order valence-corrected chi connectivity index (χ2v) is 8.23. The molecule has 7 nitrogen and oxygen atoms in total. The number of hydrogen-bond acceptors (Lipinski definition) is 5. The fourth-order valence-electron chi connectivity index (χ4n) is 3.20. The number of nitrogens with zero attached hydrogens (tertiary/aromatic N) is 3. The minimum atomic E-state index is -3.16. The van der Waals surface area contributed by atoms with Crippen LogP contribution in [0.25, 0.3) is 0 Å². The summed E-state index contributed by atoms with van der Waals surface area (Å²) in [5.74, 6) is 0.852. The SMILES string of the molecule is COc1ccc(CN2Cc3ccnn3C(CCNS(C)(=O)=O)C2)cc1. The lowest BCUT2D eigenvalue weighted by molar-refractivity contribution is 0.162. The smallest absolute Gasteiger partial charge is 0.208 e. The molecule has 0 bridgehead atoms. The Morgan fingerprint density at radius 1 is 1.28 bits per heavy atom. The first kappa shape index (κ1) is 17.9. The van der Waals surface area contributed by atoms with Gasteiger partial charge in [-0.2, -0.15) is 5.10 Å². The third kappa shape index (κ3) is 4.81. The largest absolute Gasteiger partial charge is 0.497 e. The third-order valence-corrected chi connectivity index (χ3v) is 5.09. The zero-order chi connectivity index (χ0) is 17.9. The van der Waals surface area contributed by atoms with E-state index in [0.717, 1.165) is 31.1 Å². The minimum Gasteiger partial charge on any atom is -0.497 e. The minimum absolute atomic E-state index is 0.159. The number of ether oxygens (including phenoxy) is 1. The van der Waals surface area contributed by atoms with Crippen molar-refractivity contribution in [2.24, 2.45) is 0 Å². The van der Waals surface area contributed by atoms with Gasteiger partial charge in [-0.1, -0.05) is 12.1 Å². The molecule has 136 valence electrons. The Morgan fingerprint density at radius 3 is 2.72 bits per heavy atom. The molecular formula is C17H24N4O3S. The van der Waals surface area contributed by atoms with Gasteiger partial charge >= 0.3 is 0 Å². The highest BCUT2D eigenvalue weighted by Gasteiger charge is 2.25. The number of rotatable bonds is 7. The lowest BCUT2D eigenvalue weighted by Crippen LogP contribution is -2.38. The molecule has 2 aromatic rings. The topological polar surface area (TPSA) is 76.5 Å². The van der Waals surface area contributed by atoms with Crippen LogP contribution in [-0.4, -0.2) is 49.6 Å². The molecule has 25 heavy (non-hydrogen) atoms. The zero-order valence-corrected chi connectivity index (χ0v) is 15.4. The normalized spacial score (nSPS) is 18.1. The standard InChI is InChI=1S/C17H24N4O3S/c1-24-17-5-3-14(4-6-17)11-20-12-15-7-9-18-21(15)16(13-20)8-10-19-25(2,22)23/h3-7,9,16,19H,8,10-13H2,1-2H3. The van der Waals surface area contributed by atoms with E-state index in [9.17, 15) is 8.42 Å². The maximum atomic E-state index is 11.3. The van der Waals surface area contributed by atoms with Gasteiger partial charge in [0.15, 0.2) is 0 Å². The summed E-state index contributed by atoms with van der Waals surface area (Å²) in [6, 6.07) is 10.3. The van der Waals surface area contributed by atoms with Crippen LogP contribution in [0.5, 0.6) is 5.75 Å². The van der Waals surface area contributed by atoms with Gasteiger partial charge in [0.25, 0.3) is 0 Å². The Labute approximate surface area is 148 Å². The molecule has 8 heteroatoms. The van der Waals surface area contributed by atoms with Gasteiger partial charge in [0.2, 0.25) is 10.0 Å². The summed E-state index contributed by atoms with van der Waals surface area (Å²) in [5, 5.41) is 4.41. The maximum absolute atomic E-state index is 11.3. The molecule has 1 aromatic heterocycles. The van der Waals surface area contributed by atoms with Gasteiger partial charge in [-0.15, -0.1) is 0 Å². The van der Waals surface area contributed by atoms with Crippen LogP contribution in [-0.2, 0) is 23.1 Å². The van der Waals surface area contributed by atoms with Crippen molar-refractivity contribution >= 4 is 10.0 Å². The summed E-state index contributed by atoms with van der Waals surface area (Å²) in [5.41, 5.74) is 2.38. The maximum Gasteiger partial charge on any atom is 0.208 e. The van der Waals surface area contributed by atoms with Crippen molar-refractivity contribution in [3.63, 3.8) is 0 Å². The average Bonchev–Trinajstić information content (AvgIpc) is 3.03. The van der Waals surface area contributed by atoms with Gasteiger partial charge in [0, 0.05) is 32.4 Å². The van der Waals surface area contributed by atoms with Gasteiger partial charge in [-0.05, 0) is 30.2 Å². The van der Waals surface area contributed by atoms with Gasteiger partial charge in [-0.25, -0.2) is 13.1 Å². The molecule has 1 unspecified atom stereocenters. The van der Waals surface area contributed by atoms with Crippen molar-refractivity contribution in [1.29, 1.82) is 0 Å². The molecule has 0 spiro atoms. The van der Waals surface area contributed by atoms with E-state index in [4.69, 9.17) is 4.74 Å². The number of aromatic nitrogens is 2. The second kappa shape index (κ2) is 7.55. The summed E-state index contributed by atoms with van der Waals surface area (Å²) >= 11 is 0. The molecule has 0 amide bonds. The fourth-order valence-corrected chi connectivity index (χ4v) is 3.69. The number of fused-ring (bicyclic) bond motifs is 1. The first-order chi connectivity index (χ1) is 11.9. The number of benzene rings is 1. The van der Waals surface area contributed by atoms with E-state index >= 15 is 0 Å². The second-order valence-electron chi connectivity index (χ2n) is 6.39. The fraction of sp³-hybridized carbons (Fsp3) is 0.471. The van der Waals surface area contributed by atoms with E-state index in [1.165, 1.54) is 11.8 Å². The molecule has 0 aliphatic carbocycles. The molecule has 1 aliphatic heterocycles. The summed E-state index contributed by atoms with van der Waals surface area (Å²) in [6.07, 6.45) is 3.70. The van der Waals surface area contributed by atoms with Crippen molar-refractivity contribution in [2.75, 3.05) is 26.5 Å². The summed E-state index contributed by atoms with van der Waals surface area (Å²) in [6.45, 7) is 2.93. The molecule has 1 aliphatic rings. The van der Waals surface area contributed by atoms with Crippen LogP contribution in [0.1, 0.15) is 23.7 Å². The van der Waals surface area contributed by atoms with E-state index < -0.39 is 10.0 Å². The predicted molar refractivity (Wildman–Crippen MR) is 95.8 cm³/mol. The van der Waals surface area contributed by atoms with E-state index in [0.29, 0.717) is 13.0 Å². The first-order valence-corrected chi connectivity index (χ1v) is 10.2. The highest BCUT2D eigenvalue weighted by atomic mass is 32.2. The van der Waals surface area contributed by atoms with E-state index in [1.54, 1.807) is 7.11 Å². The van der Waals surface area contributed by atoms with Gasteiger partial charge in [-0.3, -0.25) is 9.58 Å². The molecule has 1 aromatic carbocycles. The highest BCUT2D eigenvalue weighted by Crippen LogP contribution is 2.24. The molecule has 0 saturated carbocycles. The van der Waals surface area contributed by atoms with Crippen molar-refractivity contribution in [3.05, 3.63) is 47.8 Å². The Bertz CT molecular complexity index is 802. The van der Waals surface area contributed by atoms with Crippen molar-refractivity contribution in [2.45, 2.75) is 25.6 Å². The quantitative estimate of drug-likeness (QED) is 0.803. The van der Waals surface area contributed by atoms with Gasteiger partial charge < -0.3 is 4.74 Å². The lowest BCUT2D eigenvalue weighted by Gasteiger charge is -2.34. The summed E-state index contributed by atoms with van der Waals surface area (Å²) in [4.78, 5) is 2.37. The third-order valence-electron chi connectivity index (χ3n) is 4.36. The van der Waals surface area contributed by atoms with E-state index in [2.05, 4.69) is 26.9 Å². The predicted octanol–water partition coefficient (Wildman–Crippen LogP) is 1.39. The zero-order valence-electron chi connectivity index (χ0n) is 14.6. The van der Waals surface area contributed by atoms with E-state index in [-0.39, 0.29) is 6.04 Å². The van der Waals surface area contributed by atoms with Crippen molar-refractivity contribution < 1.29 is 13.2 Å². The summed E-state index contributed by atoms with van der Waals surface area (Å²) in [7, 11) is -1.50. The van der Waals surface area contributed by atoms with Crippen molar-refractivity contribution in [3.8, 4) is 5.75 Å². The Hall–Kier alpha value is -1.90. The van der Waals surface area contributed by atoms with Crippen LogP contribution >= 0.6 is 0 Å². The number of nitrogens with one attached hydrogen (secondary N) is 1. The summed E-state index contributed by atoms with van der Waals surface area (Å²) < 4.78 is 32.3. The highest BCUT2D eigenvalue weighted by molar-refractivity contribution is 7.88. The lowest BCUT2D eigenvalue weighted by atomic mass is 10.1. The molecule has 1 N–H and O–H groups in total. The van der Waals surface area contributed by atoms with E-state index in [1.807, 2.05) is 29.1 Å². The number of methoxy groups -OCH3 is 1. The molecule has 0 radical (unpaired) electrons. The Morgan fingerprint density at radius 2 is 2.04 bits per heavy atom. The monoisotopic (exact) mass is 364 g/mol. The molecular weight excluding hydrogens is 340 g/mol. The molecule has 2 heterocycles. The van der Waals surface area contributed by atoms with Gasteiger partial charge in [0.1, 0.15) is 5.75 Å². The molecule has 0 saturated heterocycles. The van der Waals surface area contributed by atoms with Crippen LogP contribution in [0.3, 0.4) is 0 Å². The first-order valence-electron chi connectivity index (χ1n) is 8.27. The Balaban J connectivity index is 1.66. The average molecular weight is 364 g/mol. The van der Waals surface area contributed by atoms with Crippen molar-refractivity contribution in [1.82, 2.24) is 19.4 Å². The molecule has 0 fully saturated rings. The van der Waals surface area contributed by atoms with Crippen LogP contribution in [0.4, 0.5) is 0 Å². The number of hydrogen-bond donors (Lipinski definition) is 1. The van der Waals surface area contributed by atoms with Crippen LogP contribution in [0.15, 0.2) is 36.5 Å². The van der Waals surface area contributed by atoms with Crippen LogP contribution in [0, 0.1) is 0 Å². The van der Waals surface area contributed by atoms with Gasteiger partial charge in [0.05, 0.1) is 25.1 Å². The number of sulfonamides is 1. The Kier molecular flexibility index (Phi) is 5.41.